The van der Waals surface area contributed by atoms with Gasteiger partial charge in [0, 0.05) is 23.6 Å². The number of hydrogen-bond acceptors (Lipinski definition) is 5. The summed E-state index contributed by atoms with van der Waals surface area (Å²) in [6, 6.07) is 5.97. The van der Waals surface area contributed by atoms with Crippen molar-refractivity contribution >= 4 is 29.3 Å². The van der Waals surface area contributed by atoms with E-state index in [0.29, 0.717) is 6.54 Å². The Labute approximate surface area is 126 Å². The minimum absolute atomic E-state index is 0.00712. The molecular weight excluding hydrogens is 294 g/mol. The molecule has 0 bridgehead atoms. The fourth-order valence-electron chi connectivity index (χ4n) is 1.47. The highest BCUT2D eigenvalue weighted by molar-refractivity contribution is 8.00. The Bertz CT molecular complexity index is 519. The lowest BCUT2D eigenvalue weighted by Crippen LogP contribution is -2.39. The molecule has 1 atom stereocenters. The zero-order chi connectivity index (χ0) is 15.8. The number of carbonyl (C=O) groups is 2. The smallest absolute Gasteiger partial charge is 0.269 e. The number of nitrogens with one attached hydrogen (secondary N) is 2. The molecule has 0 heterocycles. The van der Waals surface area contributed by atoms with Crippen LogP contribution in [0.15, 0.2) is 29.2 Å². The summed E-state index contributed by atoms with van der Waals surface area (Å²) < 4.78 is 0. The largest absolute Gasteiger partial charge is 0.355 e. The lowest BCUT2D eigenvalue weighted by Gasteiger charge is -2.11. The number of non-ortho nitro benzene ring substituents is 1. The summed E-state index contributed by atoms with van der Waals surface area (Å²) in [5.74, 6) is -0.497. The van der Waals surface area contributed by atoms with E-state index in [0.717, 1.165) is 4.90 Å². The van der Waals surface area contributed by atoms with Gasteiger partial charge >= 0.3 is 0 Å². The van der Waals surface area contributed by atoms with Crippen LogP contribution in [0.25, 0.3) is 0 Å². The third-order valence-electron chi connectivity index (χ3n) is 2.53. The molecular formula is C13H17N3O4S. The molecule has 8 heteroatoms. The van der Waals surface area contributed by atoms with Crippen molar-refractivity contribution in [1.82, 2.24) is 10.6 Å². The second-order valence-corrected chi connectivity index (χ2v) is 5.60. The molecule has 0 saturated carbocycles. The number of nitro groups is 1. The summed E-state index contributed by atoms with van der Waals surface area (Å²) in [7, 11) is 0. The molecule has 0 aliphatic heterocycles. The van der Waals surface area contributed by atoms with E-state index in [-0.39, 0.29) is 24.0 Å². The Morgan fingerprint density at radius 2 is 1.90 bits per heavy atom. The second kappa shape index (κ2) is 8.25. The first-order valence-electron chi connectivity index (χ1n) is 6.39. The number of carbonyl (C=O) groups excluding carboxylic acids is 2. The summed E-state index contributed by atoms with van der Waals surface area (Å²) in [6.45, 7) is 3.96. The lowest BCUT2D eigenvalue weighted by molar-refractivity contribution is -0.384. The van der Waals surface area contributed by atoms with Crippen LogP contribution in [0, 0.1) is 10.1 Å². The van der Waals surface area contributed by atoms with E-state index in [2.05, 4.69) is 10.6 Å². The number of amides is 2. The van der Waals surface area contributed by atoms with Crippen LogP contribution in [-0.2, 0) is 9.59 Å². The van der Waals surface area contributed by atoms with Gasteiger partial charge in [-0.2, -0.15) is 0 Å². The van der Waals surface area contributed by atoms with Gasteiger partial charge < -0.3 is 10.6 Å². The van der Waals surface area contributed by atoms with E-state index in [9.17, 15) is 19.7 Å². The van der Waals surface area contributed by atoms with Crippen LogP contribution in [0.5, 0.6) is 0 Å². The first kappa shape index (κ1) is 17.0. The van der Waals surface area contributed by atoms with Gasteiger partial charge in [-0.15, -0.1) is 11.8 Å². The molecule has 0 spiro atoms. The highest BCUT2D eigenvalue weighted by Crippen LogP contribution is 2.25. The summed E-state index contributed by atoms with van der Waals surface area (Å²) in [5, 5.41) is 15.3. The van der Waals surface area contributed by atoms with Crippen molar-refractivity contribution in [2.45, 2.75) is 24.0 Å². The number of likely N-dealkylation sites (N-methyl/N-ethyl adjacent to an activating group) is 1. The Hall–Kier alpha value is -2.09. The van der Waals surface area contributed by atoms with Crippen LogP contribution in [-0.4, -0.2) is 35.1 Å². The van der Waals surface area contributed by atoms with Gasteiger partial charge in [-0.25, -0.2) is 0 Å². The van der Waals surface area contributed by atoms with E-state index in [1.165, 1.54) is 23.9 Å². The van der Waals surface area contributed by atoms with Crippen LogP contribution in [0.4, 0.5) is 5.69 Å². The van der Waals surface area contributed by atoms with E-state index < -0.39 is 10.2 Å². The predicted molar refractivity (Wildman–Crippen MR) is 80.1 cm³/mol. The quantitative estimate of drug-likeness (QED) is 0.449. The molecule has 2 amide bonds. The summed E-state index contributed by atoms with van der Waals surface area (Å²) in [6.07, 6.45) is 0. The van der Waals surface area contributed by atoms with Gasteiger partial charge in [0.05, 0.1) is 16.7 Å². The first-order valence-corrected chi connectivity index (χ1v) is 7.27. The van der Waals surface area contributed by atoms with Crippen molar-refractivity contribution in [3.8, 4) is 0 Å². The van der Waals surface area contributed by atoms with Gasteiger partial charge in [0.2, 0.25) is 11.8 Å². The first-order chi connectivity index (χ1) is 9.93. The molecule has 0 aliphatic carbocycles. The number of rotatable bonds is 7. The van der Waals surface area contributed by atoms with Gasteiger partial charge in [-0.05, 0) is 26.0 Å². The maximum atomic E-state index is 11.8. The zero-order valence-electron chi connectivity index (χ0n) is 11.8. The summed E-state index contributed by atoms with van der Waals surface area (Å²) in [4.78, 5) is 33.9. The molecule has 7 nitrogen and oxygen atoms in total. The molecule has 2 N–H and O–H groups in total. The molecule has 0 unspecified atom stereocenters. The fraction of sp³-hybridized carbons (Fsp3) is 0.385. The second-order valence-electron chi connectivity index (χ2n) is 4.18. The third-order valence-corrected chi connectivity index (χ3v) is 3.64. The Kier molecular flexibility index (Phi) is 6.67. The van der Waals surface area contributed by atoms with Crippen LogP contribution >= 0.6 is 11.8 Å². The van der Waals surface area contributed by atoms with Crippen molar-refractivity contribution in [3.63, 3.8) is 0 Å². The van der Waals surface area contributed by atoms with Crippen LogP contribution in [0.3, 0.4) is 0 Å². The van der Waals surface area contributed by atoms with E-state index >= 15 is 0 Å². The molecule has 0 saturated heterocycles. The van der Waals surface area contributed by atoms with Crippen LogP contribution in [0.2, 0.25) is 0 Å². The molecule has 1 rings (SSSR count). The van der Waals surface area contributed by atoms with E-state index in [1.54, 1.807) is 26.0 Å². The van der Waals surface area contributed by atoms with Crippen molar-refractivity contribution < 1.29 is 14.5 Å². The van der Waals surface area contributed by atoms with Crippen molar-refractivity contribution in [3.05, 3.63) is 34.4 Å². The number of hydrogen-bond donors (Lipinski definition) is 2. The van der Waals surface area contributed by atoms with Gasteiger partial charge in [0.25, 0.3) is 5.69 Å². The average Bonchev–Trinajstić information content (AvgIpc) is 2.45. The highest BCUT2D eigenvalue weighted by Gasteiger charge is 2.15. The Balaban J connectivity index is 2.48. The highest BCUT2D eigenvalue weighted by atomic mass is 32.2. The fourth-order valence-corrected chi connectivity index (χ4v) is 2.37. The van der Waals surface area contributed by atoms with Crippen LogP contribution in [0.1, 0.15) is 13.8 Å². The molecule has 21 heavy (non-hydrogen) atoms. The molecule has 1 aromatic rings. The normalized spacial score (nSPS) is 11.5. The molecule has 1 aromatic carbocycles. The monoisotopic (exact) mass is 311 g/mol. The molecule has 114 valence electrons. The van der Waals surface area contributed by atoms with E-state index in [4.69, 9.17) is 0 Å². The maximum Gasteiger partial charge on any atom is 0.269 e. The minimum Gasteiger partial charge on any atom is -0.355 e. The van der Waals surface area contributed by atoms with Crippen molar-refractivity contribution in [1.29, 1.82) is 0 Å². The minimum atomic E-state index is -0.475. The van der Waals surface area contributed by atoms with E-state index in [1.807, 2.05) is 0 Å². The number of nitro benzene ring substituents is 1. The maximum absolute atomic E-state index is 11.8. The molecule has 0 aromatic heterocycles. The van der Waals surface area contributed by atoms with Crippen LogP contribution < -0.4 is 10.6 Å². The third kappa shape index (κ3) is 5.82. The standard InChI is InChI=1S/C13H17N3O4S/c1-3-14-12(17)8-15-13(18)9(2)21-11-6-4-10(5-7-11)16(19)20/h4-7,9H,3,8H2,1-2H3,(H,14,17)(H,15,18)/t9-/m0/s1. The predicted octanol–water partition coefficient (Wildman–Crippen LogP) is 1.33. The number of nitrogens with zero attached hydrogens (tertiary/aromatic N) is 1. The molecule has 0 radical (unpaired) electrons. The summed E-state index contributed by atoms with van der Waals surface area (Å²) >= 11 is 1.27. The topological polar surface area (TPSA) is 101 Å². The average molecular weight is 311 g/mol. The van der Waals surface area contributed by atoms with Gasteiger partial charge in [0.15, 0.2) is 0 Å². The lowest BCUT2D eigenvalue weighted by atomic mass is 10.3. The number of benzene rings is 1. The number of thioether (sulfide) groups is 1. The Morgan fingerprint density at radius 3 is 2.43 bits per heavy atom. The van der Waals surface area contributed by atoms with Gasteiger partial charge in [-0.3, -0.25) is 19.7 Å². The zero-order valence-corrected chi connectivity index (χ0v) is 12.6. The SMILES string of the molecule is CCNC(=O)CNC(=O)[C@H](C)Sc1ccc([N+](=O)[O-])cc1. The van der Waals surface area contributed by atoms with Gasteiger partial charge in [0.1, 0.15) is 0 Å². The van der Waals surface area contributed by atoms with Crippen molar-refractivity contribution in [2.24, 2.45) is 0 Å². The Morgan fingerprint density at radius 1 is 1.29 bits per heavy atom. The molecule has 0 aliphatic rings. The van der Waals surface area contributed by atoms with Crippen molar-refractivity contribution in [2.75, 3.05) is 13.1 Å². The molecule has 0 fully saturated rings. The summed E-state index contributed by atoms with van der Waals surface area (Å²) in [5.41, 5.74) is 0.00712. The van der Waals surface area contributed by atoms with Gasteiger partial charge in [-0.1, -0.05) is 0 Å².